The van der Waals surface area contributed by atoms with Gasteiger partial charge in [-0.2, -0.15) is 0 Å². The molecule has 1 rings (SSSR count). The molecule has 0 fully saturated rings. The second kappa shape index (κ2) is 6.81. The lowest BCUT2D eigenvalue weighted by atomic mass is 10.1. The van der Waals surface area contributed by atoms with E-state index < -0.39 is 0 Å². The van der Waals surface area contributed by atoms with Gasteiger partial charge in [-0.25, -0.2) is 4.39 Å². The molecule has 0 amide bonds. The molecule has 3 nitrogen and oxygen atoms in total. The first-order chi connectivity index (χ1) is 7.67. The average Bonchev–Trinajstić information content (AvgIpc) is 2.28. The van der Waals surface area contributed by atoms with Crippen LogP contribution in [0.1, 0.15) is 12.5 Å². The summed E-state index contributed by atoms with van der Waals surface area (Å²) in [6.45, 7) is 3.00. The van der Waals surface area contributed by atoms with Crippen molar-refractivity contribution >= 4 is 11.6 Å². The molecule has 0 radical (unpaired) electrons. The van der Waals surface area contributed by atoms with Crippen LogP contribution in [-0.4, -0.2) is 19.3 Å². The van der Waals surface area contributed by atoms with Gasteiger partial charge in [0.25, 0.3) is 0 Å². The number of ether oxygens (including phenoxy) is 1. The number of hydrazine groups is 1. The number of hydrogen-bond donors (Lipinski definition) is 2. The third-order valence-electron chi connectivity index (χ3n) is 2.23. The smallest absolute Gasteiger partial charge is 0.123 e. The van der Waals surface area contributed by atoms with Crippen molar-refractivity contribution in [2.75, 3.05) is 13.2 Å². The molecule has 0 spiro atoms. The fourth-order valence-electron chi connectivity index (χ4n) is 1.39. The Balaban J connectivity index is 2.65. The molecule has 5 heteroatoms. The molecule has 0 heterocycles. The third kappa shape index (κ3) is 4.06. The summed E-state index contributed by atoms with van der Waals surface area (Å²) < 4.78 is 18.3. The molecule has 0 bridgehead atoms. The molecule has 0 aliphatic heterocycles. The summed E-state index contributed by atoms with van der Waals surface area (Å²) >= 11 is 5.96. The van der Waals surface area contributed by atoms with E-state index in [0.717, 1.165) is 5.56 Å². The Hall–Kier alpha value is -0.680. The van der Waals surface area contributed by atoms with Crippen LogP contribution in [0.15, 0.2) is 18.2 Å². The molecule has 3 N–H and O–H groups in total. The lowest BCUT2D eigenvalue weighted by Gasteiger charge is -2.16. The first-order valence-electron chi connectivity index (χ1n) is 5.15. The van der Waals surface area contributed by atoms with E-state index in [1.807, 2.05) is 6.92 Å². The van der Waals surface area contributed by atoms with Crippen molar-refractivity contribution in [3.63, 3.8) is 0 Å². The first kappa shape index (κ1) is 13.4. The predicted octanol–water partition coefficient (Wildman–Crippen LogP) is 1.89. The molecule has 0 aromatic heterocycles. The van der Waals surface area contributed by atoms with Gasteiger partial charge in [0.15, 0.2) is 0 Å². The highest BCUT2D eigenvalue weighted by molar-refractivity contribution is 6.31. The molecule has 16 heavy (non-hydrogen) atoms. The summed E-state index contributed by atoms with van der Waals surface area (Å²) in [5.74, 6) is 5.08. The first-order valence-corrected chi connectivity index (χ1v) is 5.53. The number of halogens is 2. The molecule has 1 aromatic rings. The second-order valence-electron chi connectivity index (χ2n) is 3.46. The number of benzene rings is 1. The molecule has 0 saturated carbocycles. The van der Waals surface area contributed by atoms with Crippen LogP contribution in [0.5, 0.6) is 0 Å². The van der Waals surface area contributed by atoms with Crippen molar-refractivity contribution in [1.29, 1.82) is 0 Å². The van der Waals surface area contributed by atoms with Crippen LogP contribution in [0.2, 0.25) is 5.02 Å². The monoisotopic (exact) mass is 246 g/mol. The van der Waals surface area contributed by atoms with Crippen molar-refractivity contribution in [2.45, 2.75) is 19.4 Å². The van der Waals surface area contributed by atoms with Gasteiger partial charge in [-0.1, -0.05) is 11.6 Å². The molecular formula is C11H16ClFN2O. The van der Waals surface area contributed by atoms with Crippen molar-refractivity contribution in [3.8, 4) is 0 Å². The fourth-order valence-corrected chi connectivity index (χ4v) is 1.59. The maximum Gasteiger partial charge on any atom is 0.123 e. The highest BCUT2D eigenvalue weighted by atomic mass is 35.5. The maximum atomic E-state index is 13.0. The predicted molar refractivity (Wildman–Crippen MR) is 62.7 cm³/mol. The zero-order valence-electron chi connectivity index (χ0n) is 9.17. The van der Waals surface area contributed by atoms with E-state index in [0.29, 0.717) is 24.7 Å². The zero-order chi connectivity index (χ0) is 12.0. The topological polar surface area (TPSA) is 47.3 Å². The highest BCUT2D eigenvalue weighted by Gasteiger charge is 2.11. The number of rotatable bonds is 6. The normalized spacial score (nSPS) is 12.8. The van der Waals surface area contributed by atoms with E-state index >= 15 is 0 Å². The van der Waals surface area contributed by atoms with E-state index in [1.54, 1.807) is 6.07 Å². The number of nitrogens with one attached hydrogen (secondary N) is 1. The van der Waals surface area contributed by atoms with Gasteiger partial charge in [-0.05, 0) is 37.1 Å². The number of hydrogen-bond acceptors (Lipinski definition) is 3. The van der Waals surface area contributed by atoms with Gasteiger partial charge < -0.3 is 4.74 Å². The zero-order valence-corrected chi connectivity index (χ0v) is 9.93. The van der Waals surface area contributed by atoms with Gasteiger partial charge in [0, 0.05) is 17.7 Å². The number of nitrogens with two attached hydrogens (primary N) is 1. The van der Waals surface area contributed by atoms with Crippen LogP contribution in [0, 0.1) is 5.82 Å². The Morgan fingerprint density at radius 3 is 2.94 bits per heavy atom. The lowest BCUT2D eigenvalue weighted by Crippen LogP contribution is -2.40. The standard InChI is InChI=1S/C11H16ClFN2O/c1-2-16-7-10(15-14)6-8-5-9(13)3-4-11(8)12/h3-5,10,15H,2,6-7,14H2,1H3. The van der Waals surface area contributed by atoms with Gasteiger partial charge in [0.05, 0.1) is 6.61 Å². The third-order valence-corrected chi connectivity index (χ3v) is 2.60. The van der Waals surface area contributed by atoms with Crippen LogP contribution in [-0.2, 0) is 11.2 Å². The van der Waals surface area contributed by atoms with E-state index in [-0.39, 0.29) is 11.9 Å². The Bertz CT molecular complexity index is 336. The fraction of sp³-hybridized carbons (Fsp3) is 0.455. The molecule has 1 atom stereocenters. The second-order valence-corrected chi connectivity index (χ2v) is 3.87. The minimum atomic E-state index is -0.299. The molecule has 90 valence electrons. The van der Waals surface area contributed by atoms with Crippen LogP contribution in [0.3, 0.4) is 0 Å². The summed E-state index contributed by atoms with van der Waals surface area (Å²) in [4.78, 5) is 0. The SMILES string of the molecule is CCOCC(Cc1cc(F)ccc1Cl)NN. The Kier molecular flexibility index (Phi) is 5.69. The Morgan fingerprint density at radius 1 is 1.56 bits per heavy atom. The van der Waals surface area contributed by atoms with E-state index in [1.165, 1.54) is 12.1 Å². The van der Waals surface area contributed by atoms with Crippen LogP contribution < -0.4 is 11.3 Å². The van der Waals surface area contributed by atoms with E-state index in [2.05, 4.69) is 5.43 Å². The van der Waals surface area contributed by atoms with Crippen molar-refractivity contribution in [3.05, 3.63) is 34.6 Å². The highest BCUT2D eigenvalue weighted by Crippen LogP contribution is 2.18. The van der Waals surface area contributed by atoms with Crippen LogP contribution in [0.25, 0.3) is 0 Å². The summed E-state index contributed by atoms with van der Waals surface area (Å²) in [5.41, 5.74) is 3.35. The van der Waals surface area contributed by atoms with E-state index in [4.69, 9.17) is 22.2 Å². The molecule has 0 aliphatic rings. The quantitative estimate of drug-likeness (QED) is 0.595. The molecule has 1 aromatic carbocycles. The largest absolute Gasteiger partial charge is 0.380 e. The lowest BCUT2D eigenvalue weighted by molar-refractivity contribution is 0.123. The summed E-state index contributed by atoms with van der Waals surface area (Å²) in [7, 11) is 0. The van der Waals surface area contributed by atoms with Gasteiger partial charge in [-0.3, -0.25) is 11.3 Å². The van der Waals surface area contributed by atoms with Gasteiger partial charge in [0.1, 0.15) is 5.82 Å². The van der Waals surface area contributed by atoms with Gasteiger partial charge in [-0.15, -0.1) is 0 Å². The summed E-state index contributed by atoms with van der Waals surface area (Å²) in [6.07, 6.45) is 0.535. The molecule has 1 unspecified atom stereocenters. The maximum absolute atomic E-state index is 13.0. The molecular weight excluding hydrogens is 231 g/mol. The Morgan fingerprint density at radius 2 is 2.31 bits per heavy atom. The molecule has 0 aliphatic carbocycles. The van der Waals surface area contributed by atoms with Crippen molar-refractivity contribution in [2.24, 2.45) is 5.84 Å². The van der Waals surface area contributed by atoms with Gasteiger partial charge >= 0.3 is 0 Å². The minimum Gasteiger partial charge on any atom is -0.380 e. The van der Waals surface area contributed by atoms with Crippen molar-refractivity contribution < 1.29 is 9.13 Å². The van der Waals surface area contributed by atoms with Crippen LogP contribution >= 0.6 is 11.6 Å². The Labute approximate surface area is 99.7 Å². The van der Waals surface area contributed by atoms with E-state index in [9.17, 15) is 4.39 Å². The minimum absolute atomic E-state index is 0.0701. The summed E-state index contributed by atoms with van der Waals surface area (Å²) in [6, 6.07) is 4.22. The van der Waals surface area contributed by atoms with Crippen LogP contribution in [0.4, 0.5) is 4.39 Å². The van der Waals surface area contributed by atoms with Crippen molar-refractivity contribution in [1.82, 2.24) is 5.43 Å². The van der Waals surface area contributed by atoms with Gasteiger partial charge in [0.2, 0.25) is 0 Å². The summed E-state index contributed by atoms with van der Waals surface area (Å²) in [5, 5.41) is 0.540. The molecule has 0 saturated heterocycles. The average molecular weight is 247 g/mol.